The van der Waals surface area contributed by atoms with Gasteiger partial charge in [-0.2, -0.15) is 0 Å². The Bertz CT molecular complexity index is 2150. The summed E-state index contributed by atoms with van der Waals surface area (Å²) in [4.78, 5) is 35.9. The second-order valence-electron chi connectivity index (χ2n) is 26.3. The molecule has 0 rings (SSSR count). The molecule has 9 nitrogen and oxygen atoms in total. The Labute approximate surface area is 579 Å². The van der Waals surface area contributed by atoms with E-state index >= 15 is 0 Å². The number of hydrogen-bond donors (Lipinski definition) is 1. The molecule has 0 aromatic rings. The first kappa shape index (κ1) is 89.6. The minimum absolute atomic E-state index is 0.0225. The Hall–Kier alpha value is -4.37. The van der Waals surface area contributed by atoms with Crippen molar-refractivity contribution in [2.24, 2.45) is 0 Å². The molecule has 0 fully saturated rings. The molecule has 2 unspecified atom stereocenters. The van der Waals surface area contributed by atoms with Crippen LogP contribution < -0.4 is 0 Å². The molecule has 0 heterocycles. The van der Waals surface area contributed by atoms with E-state index < -0.39 is 26.5 Å². The maximum Gasteiger partial charge on any atom is 0.472 e. The van der Waals surface area contributed by atoms with E-state index in [1.54, 1.807) is 0 Å². The lowest BCUT2D eigenvalue weighted by atomic mass is 10.0. The number of hydrogen-bond acceptors (Lipinski definition) is 7. The lowest BCUT2D eigenvalue weighted by Gasteiger charge is -2.24. The lowest BCUT2D eigenvalue weighted by Crippen LogP contribution is -2.37. The molecule has 0 spiro atoms. The Morgan fingerprint density at radius 3 is 0.851 bits per heavy atom. The third kappa shape index (κ3) is 76.6. The molecule has 10 heteroatoms. The van der Waals surface area contributed by atoms with E-state index in [0.717, 1.165) is 141 Å². The van der Waals surface area contributed by atoms with Gasteiger partial charge in [-0.15, -0.1) is 0 Å². The molecule has 0 radical (unpaired) electrons. The van der Waals surface area contributed by atoms with Gasteiger partial charge in [0.2, 0.25) is 0 Å². The number of ether oxygens (including phenoxy) is 2. The zero-order valence-corrected chi connectivity index (χ0v) is 62.0. The third-order valence-electron chi connectivity index (χ3n) is 16.1. The fraction of sp³-hybridized carbons (Fsp3) is 0.667. The summed E-state index contributed by atoms with van der Waals surface area (Å²) in [6, 6.07) is 0. The number of likely N-dealkylation sites (N-methyl/N-ethyl adjacent to an activating group) is 1. The first-order chi connectivity index (χ1) is 46.0. The number of allylic oxidation sites excluding steroid dienone is 26. The number of nitrogens with zero attached hydrogens (tertiary/aromatic N) is 1. The van der Waals surface area contributed by atoms with Crippen LogP contribution in [0.1, 0.15) is 309 Å². The molecular formula is C84H143NO8P+. The highest BCUT2D eigenvalue weighted by molar-refractivity contribution is 7.47. The van der Waals surface area contributed by atoms with Gasteiger partial charge in [0.1, 0.15) is 19.8 Å². The normalized spacial score (nSPS) is 14.0. The molecule has 2 atom stereocenters. The largest absolute Gasteiger partial charge is 0.472 e. The summed E-state index contributed by atoms with van der Waals surface area (Å²) in [6.07, 6.45) is 109. The first-order valence-corrected chi connectivity index (χ1v) is 39.7. The van der Waals surface area contributed by atoms with Crippen LogP contribution in [0.5, 0.6) is 0 Å². The van der Waals surface area contributed by atoms with Crippen LogP contribution in [0.15, 0.2) is 158 Å². The number of phosphoric acid groups is 1. The summed E-state index contributed by atoms with van der Waals surface area (Å²) in [6.45, 7) is 4.20. The van der Waals surface area contributed by atoms with Crippen LogP contribution in [0.2, 0.25) is 0 Å². The number of unbranched alkanes of at least 4 members (excludes halogenated alkanes) is 29. The predicted molar refractivity (Wildman–Crippen MR) is 408 cm³/mol. The van der Waals surface area contributed by atoms with Crippen molar-refractivity contribution in [3.05, 3.63) is 158 Å². The van der Waals surface area contributed by atoms with Gasteiger partial charge in [-0.3, -0.25) is 18.6 Å². The predicted octanol–water partition coefficient (Wildman–Crippen LogP) is 25.5. The summed E-state index contributed by atoms with van der Waals surface area (Å²) >= 11 is 0. The number of carbonyl (C=O) groups excluding carboxylic acids is 2. The van der Waals surface area contributed by atoms with Gasteiger partial charge >= 0.3 is 19.8 Å². The molecule has 0 bridgehead atoms. The molecule has 0 aromatic heterocycles. The van der Waals surface area contributed by atoms with E-state index in [2.05, 4.69) is 172 Å². The van der Waals surface area contributed by atoms with Gasteiger partial charge in [-0.1, -0.05) is 332 Å². The minimum Gasteiger partial charge on any atom is -0.462 e. The SMILES string of the molecule is CC/C=C\C/C=C\C/C=C\C/C=C\C/C=C\C/C=C\C/C=C\C/C=C\CCCCCCCCC(=O)OC(COC(=O)CCCCCCCCCCCCCCCCCCCCCCCCC/C=C\C/C=C\C/C=C\C/C=C\C/C=C\CC)COP(=O)(O)OCC[N+](C)(C)C. The van der Waals surface area contributed by atoms with Gasteiger partial charge in [-0.25, -0.2) is 4.57 Å². The summed E-state index contributed by atoms with van der Waals surface area (Å²) < 4.78 is 34.8. The van der Waals surface area contributed by atoms with E-state index in [1.807, 2.05) is 21.1 Å². The van der Waals surface area contributed by atoms with E-state index in [9.17, 15) is 19.0 Å². The molecule has 0 aliphatic carbocycles. The Morgan fingerprint density at radius 1 is 0.330 bits per heavy atom. The van der Waals surface area contributed by atoms with E-state index in [0.29, 0.717) is 17.4 Å². The van der Waals surface area contributed by atoms with Gasteiger partial charge in [-0.05, 0) is 122 Å². The number of rotatable bonds is 69. The van der Waals surface area contributed by atoms with E-state index in [4.69, 9.17) is 18.5 Å². The van der Waals surface area contributed by atoms with Gasteiger partial charge in [0, 0.05) is 12.8 Å². The monoisotopic (exact) mass is 1330 g/mol. The quantitative estimate of drug-likeness (QED) is 0.0211. The summed E-state index contributed by atoms with van der Waals surface area (Å²) in [5, 5.41) is 0. The smallest absolute Gasteiger partial charge is 0.462 e. The average molecular weight is 1330 g/mol. The molecule has 0 saturated heterocycles. The highest BCUT2D eigenvalue weighted by Crippen LogP contribution is 2.43. The van der Waals surface area contributed by atoms with Crippen molar-refractivity contribution in [2.45, 2.75) is 315 Å². The zero-order chi connectivity index (χ0) is 68.3. The third-order valence-corrected chi connectivity index (χ3v) is 17.0. The van der Waals surface area contributed by atoms with E-state index in [1.165, 1.54) is 135 Å². The zero-order valence-electron chi connectivity index (χ0n) is 61.1. The molecule has 0 aromatic carbocycles. The lowest BCUT2D eigenvalue weighted by molar-refractivity contribution is -0.870. The van der Waals surface area contributed by atoms with Crippen LogP contribution in [0, 0.1) is 0 Å². The number of carbonyl (C=O) groups is 2. The maximum absolute atomic E-state index is 12.9. The van der Waals surface area contributed by atoms with Crippen molar-refractivity contribution < 1.29 is 42.1 Å². The molecule has 0 aliphatic heterocycles. The average Bonchev–Trinajstić information content (AvgIpc) is 1.66. The van der Waals surface area contributed by atoms with Crippen molar-refractivity contribution >= 4 is 19.8 Å². The van der Waals surface area contributed by atoms with Crippen molar-refractivity contribution in [3.8, 4) is 0 Å². The number of quaternary nitrogens is 1. The number of esters is 2. The maximum atomic E-state index is 12.9. The van der Waals surface area contributed by atoms with Crippen LogP contribution in [0.4, 0.5) is 0 Å². The van der Waals surface area contributed by atoms with Crippen molar-refractivity contribution in [3.63, 3.8) is 0 Å². The van der Waals surface area contributed by atoms with Crippen molar-refractivity contribution in [1.82, 2.24) is 0 Å². The second kappa shape index (κ2) is 72.9. The molecule has 0 aliphatic rings. The molecule has 94 heavy (non-hydrogen) atoms. The van der Waals surface area contributed by atoms with Crippen molar-refractivity contribution in [1.29, 1.82) is 0 Å². The highest BCUT2D eigenvalue weighted by Gasteiger charge is 2.27. The van der Waals surface area contributed by atoms with Gasteiger partial charge < -0.3 is 18.9 Å². The topological polar surface area (TPSA) is 108 Å². The highest BCUT2D eigenvalue weighted by atomic mass is 31.2. The Balaban J connectivity index is 4.03. The Kier molecular flexibility index (Phi) is 69.5. The fourth-order valence-electron chi connectivity index (χ4n) is 10.3. The molecular weight excluding hydrogens is 1180 g/mol. The molecule has 1 N–H and O–H groups in total. The van der Waals surface area contributed by atoms with Gasteiger partial charge in [0.15, 0.2) is 6.10 Å². The van der Waals surface area contributed by atoms with E-state index in [-0.39, 0.29) is 32.0 Å². The summed E-state index contributed by atoms with van der Waals surface area (Å²) in [5.41, 5.74) is 0. The summed E-state index contributed by atoms with van der Waals surface area (Å²) in [7, 11) is 1.46. The van der Waals surface area contributed by atoms with Gasteiger partial charge in [0.05, 0.1) is 27.7 Å². The van der Waals surface area contributed by atoms with Crippen LogP contribution in [-0.2, 0) is 32.7 Å². The second-order valence-corrected chi connectivity index (χ2v) is 27.7. The summed E-state index contributed by atoms with van der Waals surface area (Å²) in [5.74, 6) is -0.813. The van der Waals surface area contributed by atoms with Crippen LogP contribution >= 0.6 is 7.82 Å². The fourth-order valence-corrected chi connectivity index (χ4v) is 11.0. The molecule has 0 saturated carbocycles. The van der Waals surface area contributed by atoms with Crippen LogP contribution in [0.25, 0.3) is 0 Å². The first-order valence-electron chi connectivity index (χ1n) is 38.2. The van der Waals surface area contributed by atoms with Crippen molar-refractivity contribution in [2.75, 3.05) is 47.5 Å². The minimum atomic E-state index is -4.41. The standard InChI is InChI=1S/C84H142NO8P/c1-6-8-10-12-14-16-18-20-22-24-26-28-30-32-34-36-38-39-40-41-42-43-44-45-47-48-50-52-54-56-58-60-62-64-66-68-70-72-74-76-83(86)90-80-82(81-92-94(88,89)91-79-78-85(3,4)5)93-84(87)77-75-73-71-69-67-65-63-61-59-57-55-53-51-49-46-37-35-33-31-29-27-25-23-21-19-17-15-13-11-9-7-2/h8-11,14-17,20-23,26-29,32-35,46,49,53,55,59,61,82H,6-7,12-13,18-19,24-25,30-31,36-45,47-48,50-52,54,56-58,60,62-81H2,1-5H3/p+1/b10-8-,11-9-,16-14-,17-15-,22-20-,23-21-,28-26-,29-27-,34-32-,35-33-,49-46-,55-53-,61-59-. The van der Waals surface area contributed by atoms with Crippen LogP contribution in [0.3, 0.4) is 0 Å². The Morgan fingerprint density at radius 2 is 0.574 bits per heavy atom. The van der Waals surface area contributed by atoms with Crippen LogP contribution in [-0.4, -0.2) is 74.9 Å². The molecule has 536 valence electrons. The van der Waals surface area contributed by atoms with Gasteiger partial charge in [0.25, 0.3) is 0 Å². The number of phosphoric ester groups is 1. The molecule has 0 amide bonds.